The van der Waals surface area contributed by atoms with Gasteiger partial charge in [0.05, 0.1) is 6.61 Å². The summed E-state index contributed by atoms with van der Waals surface area (Å²) in [6, 6.07) is 0. The quantitative estimate of drug-likeness (QED) is 0.697. The van der Waals surface area contributed by atoms with Crippen molar-refractivity contribution in [3.05, 3.63) is 11.8 Å². The molecule has 2 aliphatic rings. The predicted molar refractivity (Wildman–Crippen MR) is 59.4 cm³/mol. The number of allylic oxidation sites excluding steroid dienone is 2. The van der Waals surface area contributed by atoms with E-state index in [-0.39, 0.29) is 17.1 Å². The van der Waals surface area contributed by atoms with Crippen molar-refractivity contribution in [1.29, 1.82) is 0 Å². The summed E-state index contributed by atoms with van der Waals surface area (Å²) in [5.74, 6) is 1.07. The second-order valence-corrected chi connectivity index (χ2v) is 5.36. The standard InChI is InChI=1S/C13H20O2/c1-13(2)8-5-6-10(13)12(14)11-7-3-4-9-15-11/h7,10H,3-6,8-9H2,1-2H3. The summed E-state index contributed by atoms with van der Waals surface area (Å²) in [5.41, 5.74) is 0.165. The summed E-state index contributed by atoms with van der Waals surface area (Å²) in [6.45, 7) is 5.11. The normalized spacial score (nSPS) is 29.5. The third-order valence-corrected chi connectivity index (χ3v) is 3.75. The van der Waals surface area contributed by atoms with Crippen molar-refractivity contribution in [2.24, 2.45) is 11.3 Å². The van der Waals surface area contributed by atoms with Crippen LogP contribution in [-0.2, 0) is 9.53 Å². The van der Waals surface area contributed by atoms with Crippen LogP contribution in [0.4, 0.5) is 0 Å². The van der Waals surface area contributed by atoms with Crippen molar-refractivity contribution in [3.8, 4) is 0 Å². The highest BCUT2D eigenvalue weighted by Gasteiger charge is 2.40. The van der Waals surface area contributed by atoms with Gasteiger partial charge in [-0.1, -0.05) is 20.3 Å². The first kappa shape index (κ1) is 10.7. The highest BCUT2D eigenvalue weighted by molar-refractivity contribution is 5.96. The van der Waals surface area contributed by atoms with Crippen molar-refractivity contribution in [3.63, 3.8) is 0 Å². The largest absolute Gasteiger partial charge is 0.490 e. The number of carbonyl (C=O) groups excluding carboxylic acids is 1. The Bertz CT molecular complexity index is 289. The number of ether oxygens (including phenoxy) is 1. The lowest BCUT2D eigenvalue weighted by Crippen LogP contribution is -2.28. The molecule has 0 saturated heterocycles. The summed E-state index contributed by atoms with van der Waals surface area (Å²) < 4.78 is 5.46. The average molecular weight is 208 g/mol. The zero-order chi connectivity index (χ0) is 10.9. The Morgan fingerprint density at radius 1 is 1.47 bits per heavy atom. The summed E-state index contributed by atoms with van der Waals surface area (Å²) >= 11 is 0. The van der Waals surface area contributed by atoms with E-state index in [9.17, 15) is 4.79 Å². The molecular weight excluding hydrogens is 188 g/mol. The van der Waals surface area contributed by atoms with Gasteiger partial charge in [-0.2, -0.15) is 0 Å². The van der Waals surface area contributed by atoms with Crippen molar-refractivity contribution >= 4 is 5.78 Å². The molecule has 15 heavy (non-hydrogen) atoms. The van der Waals surface area contributed by atoms with Gasteiger partial charge in [-0.3, -0.25) is 4.79 Å². The minimum atomic E-state index is 0.165. The molecule has 2 heteroatoms. The van der Waals surface area contributed by atoms with E-state index in [4.69, 9.17) is 4.74 Å². The molecule has 1 atom stereocenters. The number of rotatable bonds is 2. The Hall–Kier alpha value is -0.790. The van der Waals surface area contributed by atoms with Gasteiger partial charge in [-0.25, -0.2) is 0 Å². The van der Waals surface area contributed by atoms with Crippen molar-refractivity contribution < 1.29 is 9.53 Å². The summed E-state index contributed by atoms with van der Waals surface area (Å²) in [7, 11) is 0. The molecule has 1 saturated carbocycles. The SMILES string of the molecule is CC1(C)CCCC1C(=O)C1=CCCCO1. The van der Waals surface area contributed by atoms with E-state index in [2.05, 4.69) is 13.8 Å². The smallest absolute Gasteiger partial charge is 0.200 e. The van der Waals surface area contributed by atoms with Gasteiger partial charge in [0.2, 0.25) is 5.78 Å². The average Bonchev–Trinajstić information content (AvgIpc) is 2.58. The first-order valence-corrected chi connectivity index (χ1v) is 5.98. The van der Waals surface area contributed by atoms with Gasteiger partial charge in [-0.15, -0.1) is 0 Å². The lowest BCUT2D eigenvalue weighted by atomic mass is 9.79. The van der Waals surface area contributed by atoms with Gasteiger partial charge in [0, 0.05) is 5.92 Å². The summed E-state index contributed by atoms with van der Waals surface area (Å²) in [5, 5.41) is 0. The molecule has 0 spiro atoms. The molecule has 2 rings (SSSR count). The molecule has 0 amide bonds. The number of hydrogen-bond acceptors (Lipinski definition) is 2. The molecule has 0 radical (unpaired) electrons. The van der Waals surface area contributed by atoms with E-state index in [0.29, 0.717) is 12.4 Å². The molecule has 84 valence electrons. The Balaban J connectivity index is 2.10. The molecule has 1 fully saturated rings. The Labute approximate surface area is 91.7 Å². The number of Topliss-reactive ketones (excluding diaryl/α,β-unsaturated/α-hetero) is 1. The molecule has 2 nitrogen and oxygen atoms in total. The van der Waals surface area contributed by atoms with Gasteiger partial charge in [0.25, 0.3) is 0 Å². The van der Waals surface area contributed by atoms with Crippen LogP contribution in [0.15, 0.2) is 11.8 Å². The fraction of sp³-hybridized carbons (Fsp3) is 0.769. The first-order valence-electron chi connectivity index (χ1n) is 5.98. The van der Waals surface area contributed by atoms with Crippen LogP contribution in [-0.4, -0.2) is 12.4 Å². The van der Waals surface area contributed by atoms with Crippen molar-refractivity contribution in [2.45, 2.75) is 46.0 Å². The molecule has 0 aromatic heterocycles. The molecule has 1 aliphatic heterocycles. The topological polar surface area (TPSA) is 26.3 Å². The molecule has 0 aromatic rings. The molecule has 0 bridgehead atoms. The van der Waals surface area contributed by atoms with Gasteiger partial charge in [0.15, 0.2) is 5.76 Å². The van der Waals surface area contributed by atoms with E-state index in [0.717, 1.165) is 25.7 Å². The van der Waals surface area contributed by atoms with E-state index in [1.54, 1.807) is 0 Å². The molecule has 1 heterocycles. The van der Waals surface area contributed by atoms with Gasteiger partial charge in [-0.05, 0) is 37.2 Å². The highest BCUT2D eigenvalue weighted by atomic mass is 16.5. The fourth-order valence-electron chi connectivity index (χ4n) is 2.71. The molecule has 0 N–H and O–H groups in total. The zero-order valence-corrected chi connectivity index (χ0v) is 9.71. The number of carbonyl (C=O) groups is 1. The molecule has 1 unspecified atom stereocenters. The van der Waals surface area contributed by atoms with Crippen LogP contribution in [0.3, 0.4) is 0 Å². The Kier molecular flexibility index (Phi) is 2.85. The Morgan fingerprint density at radius 3 is 2.80 bits per heavy atom. The van der Waals surface area contributed by atoms with Crippen LogP contribution in [0.1, 0.15) is 46.0 Å². The Morgan fingerprint density at radius 2 is 2.27 bits per heavy atom. The third kappa shape index (κ3) is 2.09. The van der Waals surface area contributed by atoms with Gasteiger partial charge in [0.1, 0.15) is 0 Å². The van der Waals surface area contributed by atoms with Crippen LogP contribution < -0.4 is 0 Å². The van der Waals surface area contributed by atoms with Crippen LogP contribution in [0.2, 0.25) is 0 Å². The summed E-state index contributed by atoms with van der Waals surface area (Å²) in [4.78, 5) is 12.2. The maximum atomic E-state index is 12.2. The van der Waals surface area contributed by atoms with Crippen LogP contribution in [0.5, 0.6) is 0 Å². The predicted octanol–water partition coefficient (Wildman–Crippen LogP) is 3.08. The monoisotopic (exact) mass is 208 g/mol. The molecule has 1 aliphatic carbocycles. The highest BCUT2D eigenvalue weighted by Crippen LogP contribution is 2.44. The van der Waals surface area contributed by atoms with Crippen LogP contribution >= 0.6 is 0 Å². The lowest BCUT2D eigenvalue weighted by molar-refractivity contribution is -0.125. The minimum absolute atomic E-state index is 0.165. The summed E-state index contributed by atoms with van der Waals surface area (Å²) in [6.07, 6.45) is 7.39. The second-order valence-electron chi connectivity index (χ2n) is 5.36. The third-order valence-electron chi connectivity index (χ3n) is 3.75. The number of ketones is 1. The van der Waals surface area contributed by atoms with E-state index in [1.807, 2.05) is 6.08 Å². The van der Waals surface area contributed by atoms with Gasteiger partial charge >= 0.3 is 0 Å². The maximum Gasteiger partial charge on any atom is 0.200 e. The minimum Gasteiger partial charge on any atom is -0.490 e. The van der Waals surface area contributed by atoms with Gasteiger partial charge < -0.3 is 4.74 Å². The maximum absolute atomic E-state index is 12.2. The van der Waals surface area contributed by atoms with E-state index >= 15 is 0 Å². The van der Waals surface area contributed by atoms with Crippen molar-refractivity contribution in [1.82, 2.24) is 0 Å². The molecular formula is C13H20O2. The molecule has 0 aromatic carbocycles. The van der Waals surface area contributed by atoms with Crippen LogP contribution in [0, 0.1) is 11.3 Å². The van der Waals surface area contributed by atoms with Crippen LogP contribution in [0.25, 0.3) is 0 Å². The van der Waals surface area contributed by atoms with Crippen molar-refractivity contribution in [2.75, 3.05) is 6.61 Å². The zero-order valence-electron chi connectivity index (χ0n) is 9.71. The first-order chi connectivity index (χ1) is 7.11. The van der Waals surface area contributed by atoms with E-state index < -0.39 is 0 Å². The fourth-order valence-corrected chi connectivity index (χ4v) is 2.71. The van der Waals surface area contributed by atoms with E-state index in [1.165, 1.54) is 6.42 Å². The lowest BCUT2D eigenvalue weighted by Gasteiger charge is -2.27. The second kappa shape index (κ2) is 3.99. The number of hydrogen-bond donors (Lipinski definition) is 0.